The zero-order valence-corrected chi connectivity index (χ0v) is 15.0. The van der Waals surface area contributed by atoms with Gasteiger partial charge in [0, 0.05) is 29.7 Å². The van der Waals surface area contributed by atoms with Gasteiger partial charge in [-0.15, -0.1) is 6.58 Å². The second-order valence-electron chi connectivity index (χ2n) is 5.46. The van der Waals surface area contributed by atoms with Gasteiger partial charge in [0.15, 0.2) is 16.6 Å². The fourth-order valence-corrected chi connectivity index (χ4v) is 3.54. The van der Waals surface area contributed by atoms with Crippen LogP contribution in [0.25, 0.3) is 11.2 Å². The maximum absolute atomic E-state index is 12.5. The number of carbonyl (C=O) groups excluding carboxylic acids is 1. The average Bonchev–Trinajstić information content (AvgIpc) is 3.07. The van der Waals surface area contributed by atoms with Gasteiger partial charge in [0.05, 0.1) is 16.3 Å². The number of halogens is 1. The van der Waals surface area contributed by atoms with E-state index in [2.05, 4.69) is 26.1 Å². The van der Waals surface area contributed by atoms with Gasteiger partial charge in [-0.05, 0) is 26.0 Å². The molecule has 0 aliphatic carbocycles. The summed E-state index contributed by atoms with van der Waals surface area (Å²) < 4.78 is 2.08. The number of nitrogens with zero attached hydrogens (tertiary/aromatic N) is 3. The number of hydrogen-bond donors (Lipinski definition) is 1. The minimum absolute atomic E-state index is 0.0786. The minimum Gasteiger partial charge on any atom is -0.345 e. The molecule has 124 valence electrons. The Hall–Kier alpha value is -2.05. The van der Waals surface area contributed by atoms with Crippen molar-refractivity contribution in [3.63, 3.8) is 0 Å². The summed E-state index contributed by atoms with van der Waals surface area (Å²) in [6.45, 7) is 8.42. The standard InChI is InChI=1S/C17H17ClN4OS/c1-4-5-22-10(2)6-13(11(22)3)15(23)9-24-17-20-14-7-12(18)8-19-16(14)21-17/h4,6-8H,1,5,9H2,2-3H3,(H,19,20,21). The Morgan fingerprint density at radius 1 is 1.46 bits per heavy atom. The van der Waals surface area contributed by atoms with E-state index in [1.165, 1.54) is 11.8 Å². The topological polar surface area (TPSA) is 63.6 Å². The number of aromatic amines is 1. The molecule has 0 aromatic carbocycles. The molecule has 0 amide bonds. The van der Waals surface area contributed by atoms with E-state index >= 15 is 0 Å². The molecule has 0 aliphatic rings. The number of fused-ring (bicyclic) bond motifs is 1. The number of nitrogens with one attached hydrogen (secondary N) is 1. The highest BCUT2D eigenvalue weighted by Crippen LogP contribution is 2.23. The number of rotatable bonds is 6. The van der Waals surface area contributed by atoms with Crippen LogP contribution in [-0.2, 0) is 6.54 Å². The molecule has 3 aromatic heterocycles. The molecule has 0 aliphatic heterocycles. The zero-order valence-electron chi connectivity index (χ0n) is 13.5. The van der Waals surface area contributed by atoms with Crippen LogP contribution in [0.4, 0.5) is 0 Å². The fraction of sp³-hybridized carbons (Fsp3) is 0.235. The molecule has 24 heavy (non-hydrogen) atoms. The van der Waals surface area contributed by atoms with Gasteiger partial charge in [-0.25, -0.2) is 9.97 Å². The van der Waals surface area contributed by atoms with Crippen molar-refractivity contribution in [2.45, 2.75) is 25.5 Å². The van der Waals surface area contributed by atoms with Crippen molar-refractivity contribution >= 4 is 40.3 Å². The predicted octanol–water partition coefficient (Wildman–Crippen LogP) is 4.19. The van der Waals surface area contributed by atoms with Crippen LogP contribution in [0.1, 0.15) is 21.7 Å². The van der Waals surface area contributed by atoms with Crippen LogP contribution >= 0.6 is 23.4 Å². The summed E-state index contributed by atoms with van der Waals surface area (Å²) in [6.07, 6.45) is 3.38. The van der Waals surface area contributed by atoms with Crippen molar-refractivity contribution in [2.75, 3.05) is 5.75 Å². The Balaban J connectivity index is 1.75. The van der Waals surface area contributed by atoms with E-state index in [1.54, 1.807) is 12.3 Å². The molecule has 0 saturated carbocycles. The summed E-state index contributed by atoms with van der Waals surface area (Å²) in [5.41, 5.74) is 4.14. The van der Waals surface area contributed by atoms with E-state index in [-0.39, 0.29) is 5.78 Å². The van der Waals surface area contributed by atoms with Crippen LogP contribution in [0.15, 0.2) is 36.1 Å². The van der Waals surface area contributed by atoms with Crippen LogP contribution in [0.3, 0.4) is 0 Å². The second kappa shape index (κ2) is 6.83. The van der Waals surface area contributed by atoms with Gasteiger partial charge in [-0.1, -0.05) is 29.4 Å². The lowest BCUT2D eigenvalue weighted by atomic mass is 10.2. The van der Waals surface area contributed by atoms with Crippen molar-refractivity contribution in [1.29, 1.82) is 0 Å². The van der Waals surface area contributed by atoms with Gasteiger partial charge in [0.25, 0.3) is 0 Å². The summed E-state index contributed by atoms with van der Waals surface area (Å²) in [5.74, 6) is 0.390. The molecule has 3 rings (SSSR count). The summed E-state index contributed by atoms with van der Waals surface area (Å²) in [5, 5.41) is 1.21. The number of thioether (sulfide) groups is 1. The van der Waals surface area contributed by atoms with E-state index in [9.17, 15) is 4.79 Å². The highest BCUT2D eigenvalue weighted by atomic mass is 35.5. The highest BCUT2D eigenvalue weighted by Gasteiger charge is 2.16. The number of imidazole rings is 1. The number of aryl methyl sites for hydroxylation is 1. The van der Waals surface area contributed by atoms with E-state index in [0.29, 0.717) is 28.1 Å². The third-order valence-electron chi connectivity index (χ3n) is 3.81. The van der Waals surface area contributed by atoms with Crippen molar-refractivity contribution < 1.29 is 4.79 Å². The molecule has 1 N–H and O–H groups in total. The Kier molecular flexibility index (Phi) is 4.78. The first-order valence-electron chi connectivity index (χ1n) is 7.44. The number of H-pyrrole nitrogens is 1. The van der Waals surface area contributed by atoms with Crippen molar-refractivity contribution in [1.82, 2.24) is 19.5 Å². The van der Waals surface area contributed by atoms with Gasteiger partial charge in [0.2, 0.25) is 0 Å². The molecule has 0 unspecified atom stereocenters. The third kappa shape index (κ3) is 3.25. The molecule has 0 saturated heterocycles. The number of carbonyl (C=O) groups is 1. The Morgan fingerprint density at radius 3 is 3.00 bits per heavy atom. The van der Waals surface area contributed by atoms with Crippen molar-refractivity contribution in [3.05, 3.63) is 53.0 Å². The van der Waals surface area contributed by atoms with Gasteiger partial charge >= 0.3 is 0 Å². The lowest BCUT2D eigenvalue weighted by molar-refractivity contribution is 0.102. The number of hydrogen-bond acceptors (Lipinski definition) is 4. The number of pyridine rings is 1. The maximum Gasteiger partial charge on any atom is 0.178 e. The van der Waals surface area contributed by atoms with Crippen molar-refractivity contribution in [2.24, 2.45) is 0 Å². The minimum atomic E-state index is 0.0786. The number of ketones is 1. The van der Waals surface area contributed by atoms with Crippen LogP contribution in [-0.4, -0.2) is 31.1 Å². The maximum atomic E-state index is 12.5. The summed E-state index contributed by atoms with van der Waals surface area (Å²) in [4.78, 5) is 24.2. The van der Waals surface area contributed by atoms with Gasteiger partial charge in [-0.3, -0.25) is 4.79 Å². The Labute approximate surface area is 149 Å². The normalized spacial score (nSPS) is 11.1. The predicted molar refractivity (Wildman–Crippen MR) is 98.1 cm³/mol. The smallest absolute Gasteiger partial charge is 0.178 e. The van der Waals surface area contributed by atoms with E-state index < -0.39 is 0 Å². The summed E-state index contributed by atoms with van der Waals surface area (Å²) in [7, 11) is 0. The molecule has 3 heterocycles. The lowest BCUT2D eigenvalue weighted by Gasteiger charge is -2.05. The van der Waals surface area contributed by atoms with E-state index in [4.69, 9.17) is 11.6 Å². The van der Waals surface area contributed by atoms with E-state index in [1.807, 2.05) is 26.0 Å². The monoisotopic (exact) mass is 360 g/mol. The van der Waals surface area contributed by atoms with Crippen LogP contribution in [0, 0.1) is 13.8 Å². The first-order valence-corrected chi connectivity index (χ1v) is 8.81. The first kappa shape index (κ1) is 16.8. The molecule has 7 heteroatoms. The third-order valence-corrected chi connectivity index (χ3v) is 4.89. The molecule has 0 bridgehead atoms. The average molecular weight is 361 g/mol. The number of aromatic nitrogens is 4. The zero-order chi connectivity index (χ0) is 17.3. The van der Waals surface area contributed by atoms with Gasteiger partial charge < -0.3 is 9.55 Å². The molecule has 0 atom stereocenters. The Morgan fingerprint density at radius 2 is 2.25 bits per heavy atom. The quantitative estimate of drug-likeness (QED) is 0.406. The van der Waals surface area contributed by atoms with Crippen LogP contribution in [0.5, 0.6) is 0 Å². The Bertz CT molecular complexity index is 928. The molecule has 3 aromatic rings. The highest BCUT2D eigenvalue weighted by molar-refractivity contribution is 7.99. The van der Waals surface area contributed by atoms with Crippen molar-refractivity contribution in [3.8, 4) is 0 Å². The van der Waals surface area contributed by atoms with Crippen LogP contribution < -0.4 is 0 Å². The molecule has 0 fully saturated rings. The second-order valence-corrected chi connectivity index (χ2v) is 6.86. The van der Waals surface area contributed by atoms with Gasteiger partial charge in [-0.2, -0.15) is 0 Å². The molecular weight excluding hydrogens is 344 g/mol. The van der Waals surface area contributed by atoms with Crippen LogP contribution in [0.2, 0.25) is 5.02 Å². The number of Topliss-reactive ketones (excluding diaryl/α,β-unsaturated/α-hetero) is 1. The summed E-state index contributed by atoms with van der Waals surface area (Å²) in [6, 6.07) is 3.70. The summed E-state index contributed by atoms with van der Waals surface area (Å²) >= 11 is 7.28. The molecule has 5 nitrogen and oxygen atoms in total. The fourth-order valence-electron chi connectivity index (χ4n) is 2.63. The lowest BCUT2D eigenvalue weighted by Crippen LogP contribution is -2.06. The SMILES string of the molecule is C=CCn1c(C)cc(C(=O)CSc2nc3ncc(Cl)cc3[nH]2)c1C. The molecule has 0 spiro atoms. The first-order chi connectivity index (χ1) is 11.5. The molecule has 0 radical (unpaired) electrons. The number of allylic oxidation sites excluding steroid dienone is 1. The molecular formula is C17H17ClN4OS. The van der Waals surface area contributed by atoms with Gasteiger partial charge in [0.1, 0.15) is 0 Å². The largest absolute Gasteiger partial charge is 0.345 e. The van der Waals surface area contributed by atoms with E-state index in [0.717, 1.165) is 22.5 Å².